The molecular weight excluding hydrogens is 272 g/mol. The molecule has 2 unspecified atom stereocenters. The van der Waals surface area contributed by atoms with Gasteiger partial charge in [0.1, 0.15) is 0 Å². The van der Waals surface area contributed by atoms with Crippen LogP contribution in [0.4, 0.5) is 0 Å². The van der Waals surface area contributed by atoms with Crippen molar-refractivity contribution in [1.82, 2.24) is 9.88 Å². The zero-order valence-electron chi connectivity index (χ0n) is 12.7. The highest BCUT2D eigenvalue weighted by Crippen LogP contribution is 2.28. The number of likely N-dealkylation sites (tertiary alicyclic amines) is 1. The Hall–Kier alpha value is -0.940. The summed E-state index contributed by atoms with van der Waals surface area (Å²) < 4.78 is 0. The number of carboxylic acid groups (broad SMARTS) is 1. The van der Waals surface area contributed by atoms with E-state index in [-0.39, 0.29) is 11.3 Å². The third-order valence-electron chi connectivity index (χ3n) is 3.92. The molecular formula is C15H24N2O2S. The zero-order valence-corrected chi connectivity index (χ0v) is 13.5. The van der Waals surface area contributed by atoms with Crippen molar-refractivity contribution in [3.8, 4) is 0 Å². The van der Waals surface area contributed by atoms with Crippen molar-refractivity contribution in [3.05, 3.63) is 16.1 Å². The van der Waals surface area contributed by atoms with E-state index in [0.29, 0.717) is 6.04 Å². The van der Waals surface area contributed by atoms with E-state index >= 15 is 0 Å². The highest BCUT2D eigenvalue weighted by atomic mass is 32.1. The number of hydrogen-bond acceptors (Lipinski definition) is 4. The van der Waals surface area contributed by atoms with Crippen LogP contribution in [-0.4, -0.2) is 33.5 Å². The topological polar surface area (TPSA) is 53.4 Å². The van der Waals surface area contributed by atoms with Crippen molar-refractivity contribution in [2.24, 2.45) is 5.92 Å². The largest absolute Gasteiger partial charge is 0.481 e. The van der Waals surface area contributed by atoms with Gasteiger partial charge in [-0.05, 0) is 26.3 Å². The Kier molecular flexibility index (Phi) is 4.49. The molecule has 0 spiro atoms. The summed E-state index contributed by atoms with van der Waals surface area (Å²) in [7, 11) is 0. The van der Waals surface area contributed by atoms with Crippen LogP contribution in [0.5, 0.6) is 0 Å². The number of hydrogen-bond donors (Lipinski definition) is 1. The second-order valence-electron chi connectivity index (χ2n) is 6.77. The minimum Gasteiger partial charge on any atom is -0.481 e. The normalized spacial score (nSPS) is 24.8. The molecule has 1 aliphatic rings. The zero-order chi connectivity index (χ0) is 14.9. The fourth-order valence-electron chi connectivity index (χ4n) is 2.61. The van der Waals surface area contributed by atoms with E-state index in [1.54, 1.807) is 11.3 Å². The van der Waals surface area contributed by atoms with Crippen LogP contribution in [0.2, 0.25) is 0 Å². The van der Waals surface area contributed by atoms with Crippen molar-refractivity contribution >= 4 is 17.3 Å². The molecule has 2 rings (SSSR count). The van der Waals surface area contributed by atoms with E-state index in [0.717, 1.165) is 31.6 Å². The lowest BCUT2D eigenvalue weighted by molar-refractivity contribution is -0.144. The molecule has 5 heteroatoms. The molecule has 112 valence electrons. The summed E-state index contributed by atoms with van der Waals surface area (Å²) in [5, 5.41) is 12.4. The average Bonchev–Trinajstić information content (AvgIpc) is 2.80. The Morgan fingerprint density at radius 2 is 2.25 bits per heavy atom. The third kappa shape index (κ3) is 3.58. The predicted molar refractivity (Wildman–Crippen MR) is 81.0 cm³/mol. The number of piperidine rings is 1. The molecule has 0 bridgehead atoms. The number of carboxylic acids is 1. The first-order valence-corrected chi connectivity index (χ1v) is 8.07. The van der Waals surface area contributed by atoms with Crippen LogP contribution in [0.15, 0.2) is 5.38 Å². The molecule has 1 aliphatic heterocycles. The fourth-order valence-corrected chi connectivity index (χ4v) is 3.51. The van der Waals surface area contributed by atoms with Gasteiger partial charge in [0.2, 0.25) is 0 Å². The fraction of sp³-hybridized carbons (Fsp3) is 0.733. The molecule has 2 atom stereocenters. The van der Waals surface area contributed by atoms with Crippen LogP contribution >= 0.6 is 11.3 Å². The van der Waals surface area contributed by atoms with Crippen LogP contribution in [0.3, 0.4) is 0 Å². The maximum Gasteiger partial charge on any atom is 0.306 e. The molecule has 0 aromatic carbocycles. The molecule has 0 amide bonds. The monoisotopic (exact) mass is 296 g/mol. The number of carbonyl (C=O) groups is 1. The lowest BCUT2D eigenvalue weighted by Crippen LogP contribution is -2.42. The standard InChI is InChI=1S/C15H24N2O2S/c1-10-7-11(13(18)19)5-6-17(10)8-12-9-20-14(16-12)15(2,3)4/h9-11H,5-8H2,1-4H3,(H,18,19). The van der Waals surface area contributed by atoms with E-state index in [4.69, 9.17) is 10.1 Å². The minimum atomic E-state index is -0.653. The van der Waals surface area contributed by atoms with Crippen LogP contribution in [0.1, 0.15) is 51.2 Å². The average molecular weight is 296 g/mol. The SMILES string of the molecule is CC1CC(C(=O)O)CCN1Cc1csc(C(C)(C)C)n1. The molecule has 1 aromatic rings. The van der Waals surface area contributed by atoms with Gasteiger partial charge in [0.05, 0.1) is 16.6 Å². The summed E-state index contributed by atoms with van der Waals surface area (Å²) in [6.45, 7) is 10.3. The Morgan fingerprint density at radius 3 is 2.75 bits per heavy atom. The number of nitrogens with zero attached hydrogens (tertiary/aromatic N) is 2. The Labute approximate surface area is 124 Å². The van der Waals surface area contributed by atoms with Gasteiger partial charge in [-0.3, -0.25) is 9.69 Å². The summed E-state index contributed by atoms with van der Waals surface area (Å²) in [6, 6.07) is 0.310. The van der Waals surface area contributed by atoms with E-state index in [1.807, 2.05) is 0 Å². The first-order valence-electron chi connectivity index (χ1n) is 7.19. The molecule has 20 heavy (non-hydrogen) atoms. The molecule has 1 fully saturated rings. The van der Waals surface area contributed by atoms with Gasteiger partial charge in [-0.1, -0.05) is 20.8 Å². The molecule has 2 heterocycles. The van der Waals surface area contributed by atoms with Crippen molar-refractivity contribution in [1.29, 1.82) is 0 Å². The van der Waals surface area contributed by atoms with Gasteiger partial charge in [-0.2, -0.15) is 0 Å². The van der Waals surface area contributed by atoms with E-state index in [1.165, 1.54) is 5.01 Å². The van der Waals surface area contributed by atoms with Crippen molar-refractivity contribution in [3.63, 3.8) is 0 Å². The van der Waals surface area contributed by atoms with Gasteiger partial charge in [0, 0.05) is 23.4 Å². The van der Waals surface area contributed by atoms with Crippen molar-refractivity contribution < 1.29 is 9.90 Å². The van der Waals surface area contributed by atoms with Gasteiger partial charge in [-0.25, -0.2) is 4.98 Å². The second kappa shape index (κ2) is 5.82. The van der Waals surface area contributed by atoms with E-state index in [9.17, 15) is 4.79 Å². The maximum atomic E-state index is 11.0. The summed E-state index contributed by atoms with van der Waals surface area (Å²) in [4.78, 5) is 18.1. The smallest absolute Gasteiger partial charge is 0.306 e. The molecule has 0 radical (unpaired) electrons. The lowest BCUT2D eigenvalue weighted by Gasteiger charge is -2.35. The van der Waals surface area contributed by atoms with E-state index < -0.39 is 5.97 Å². The van der Waals surface area contributed by atoms with Gasteiger partial charge in [0.15, 0.2) is 0 Å². The van der Waals surface area contributed by atoms with Crippen molar-refractivity contribution in [2.75, 3.05) is 6.54 Å². The highest BCUT2D eigenvalue weighted by molar-refractivity contribution is 7.09. The molecule has 1 aromatic heterocycles. The number of aliphatic carboxylic acids is 1. The van der Waals surface area contributed by atoms with Crippen LogP contribution in [0, 0.1) is 5.92 Å². The second-order valence-corrected chi connectivity index (χ2v) is 7.63. The van der Waals surface area contributed by atoms with Crippen LogP contribution in [-0.2, 0) is 16.8 Å². The maximum absolute atomic E-state index is 11.0. The number of rotatable bonds is 3. The Bertz CT molecular complexity index is 478. The lowest BCUT2D eigenvalue weighted by atomic mass is 9.91. The highest BCUT2D eigenvalue weighted by Gasteiger charge is 2.30. The summed E-state index contributed by atoms with van der Waals surface area (Å²) in [5.74, 6) is -0.831. The summed E-state index contributed by atoms with van der Waals surface area (Å²) in [6.07, 6.45) is 1.49. The Balaban J connectivity index is 1.97. The van der Waals surface area contributed by atoms with Gasteiger partial charge in [-0.15, -0.1) is 11.3 Å². The van der Waals surface area contributed by atoms with Gasteiger partial charge >= 0.3 is 5.97 Å². The minimum absolute atomic E-state index is 0.102. The molecule has 0 aliphatic carbocycles. The molecule has 1 saturated heterocycles. The Morgan fingerprint density at radius 1 is 1.55 bits per heavy atom. The predicted octanol–water partition coefficient (Wildman–Crippen LogP) is 3.13. The number of thiazole rings is 1. The van der Waals surface area contributed by atoms with Crippen LogP contribution in [0.25, 0.3) is 0 Å². The molecule has 1 N–H and O–H groups in total. The van der Waals surface area contributed by atoms with Gasteiger partial charge in [0.25, 0.3) is 0 Å². The van der Waals surface area contributed by atoms with Crippen LogP contribution < -0.4 is 0 Å². The van der Waals surface area contributed by atoms with E-state index in [2.05, 4.69) is 38.0 Å². The van der Waals surface area contributed by atoms with Gasteiger partial charge < -0.3 is 5.11 Å². The summed E-state index contributed by atoms with van der Waals surface area (Å²) in [5.41, 5.74) is 1.21. The van der Waals surface area contributed by atoms with Crippen molar-refractivity contribution in [2.45, 2.75) is 58.5 Å². The summed E-state index contributed by atoms with van der Waals surface area (Å²) >= 11 is 1.72. The first-order chi connectivity index (χ1) is 9.27. The molecule has 4 nitrogen and oxygen atoms in total. The first kappa shape index (κ1) is 15.4. The molecule has 0 saturated carbocycles. The number of aromatic nitrogens is 1. The third-order valence-corrected chi connectivity index (χ3v) is 5.24. The quantitative estimate of drug-likeness (QED) is 0.931.